The van der Waals surface area contributed by atoms with Gasteiger partial charge < -0.3 is 16.0 Å². The number of carbonyl (C=O) groups is 1. The van der Waals surface area contributed by atoms with Crippen LogP contribution in [0.1, 0.15) is 18.4 Å². The van der Waals surface area contributed by atoms with Gasteiger partial charge in [0.15, 0.2) is 0 Å². The summed E-state index contributed by atoms with van der Waals surface area (Å²) < 4.78 is 0. The van der Waals surface area contributed by atoms with Crippen molar-refractivity contribution in [3.05, 3.63) is 33.9 Å². The lowest BCUT2D eigenvalue weighted by Gasteiger charge is -2.11. The summed E-state index contributed by atoms with van der Waals surface area (Å²) in [7, 11) is 0. The SMILES string of the molecule is Cc1ccc(NCCCNC(=O)C2CCNC2)c([N+](=O)[O-])c1.Cl. The van der Waals surface area contributed by atoms with Crippen LogP contribution in [-0.2, 0) is 4.79 Å². The zero-order valence-electron chi connectivity index (χ0n) is 13.1. The van der Waals surface area contributed by atoms with Crippen molar-refractivity contribution in [2.75, 3.05) is 31.5 Å². The summed E-state index contributed by atoms with van der Waals surface area (Å²) in [5, 5.41) is 20.1. The molecule has 0 aliphatic carbocycles. The van der Waals surface area contributed by atoms with Crippen LogP contribution in [0.4, 0.5) is 11.4 Å². The largest absolute Gasteiger partial charge is 0.379 e. The van der Waals surface area contributed by atoms with Gasteiger partial charge >= 0.3 is 0 Å². The standard InChI is InChI=1S/C15H22N4O3.ClH/c1-11-3-4-13(14(9-11)19(21)22)17-6-2-7-18-15(20)12-5-8-16-10-12;/h3-4,9,12,16-17H,2,5-8,10H2,1H3,(H,18,20);1H. The first-order valence-corrected chi connectivity index (χ1v) is 7.55. The second kappa shape index (κ2) is 9.32. The van der Waals surface area contributed by atoms with E-state index in [1.165, 1.54) is 0 Å². The Kier molecular flexibility index (Phi) is 7.77. The topological polar surface area (TPSA) is 96.3 Å². The van der Waals surface area contributed by atoms with Crippen LogP contribution in [0.25, 0.3) is 0 Å². The number of benzene rings is 1. The van der Waals surface area contributed by atoms with Crippen LogP contribution in [0, 0.1) is 23.0 Å². The molecule has 1 heterocycles. The number of carbonyl (C=O) groups excluding carboxylic acids is 1. The summed E-state index contributed by atoms with van der Waals surface area (Å²) in [6.45, 7) is 4.62. The first kappa shape index (κ1) is 19.2. The second-order valence-electron chi connectivity index (χ2n) is 5.54. The lowest BCUT2D eigenvalue weighted by atomic mass is 10.1. The van der Waals surface area contributed by atoms with Crippen molar-refractivity contribution in [1.82, 2.24) is 10.6 Å². The maximum atomic E-state index is 11.8. The summed E-state index contributed by atoms with van der Waals surface area (Å²) >= 11 is 0. The number of nitro benzene ring substituents is 1. The molecule has 128 valence electrons. The van der Waals surface area contributed by atoms with E-state index in [2.05, 4.69) is 16.0 Å². The van der Waals surface area contributed by atoms with E-state index in [-0.39, 0.29) is 34.8 Å². The van der Waals surface area contributed by atoms with Crippen molar-refractivity contribution < 1.29 is 9.72 Å². The van der Waals surface area contributed by atoms with Crippen LogP contribution in [0.3, 0.4) is 0 Å². The Balaban J connectivity index is 0.00000264. The number of aryl methyl sites for hydroxylation is 1. The first-order chi connectivity index (χ1) is 10.6. The molecular weight excluding hydrogens is 320 g/mol. The van der Waals surface area contributed by atoms with E-state index in [0.29, 0.717) is 18.8 Å². The predicted octanol–water partition coefficient (Wildman–Crippen LogP) is 1.85. The number of nitrogens with one attached hydrogen (secondary N) is 3. The third-order valence-electron chi connectivity index (χ3n) is 3.75. The Bertz CT molecular complexity index is 548. The molecule has 1 amide bonds. The van der Waals surface area contributed by atoms with Gasteiger partial charge in [-0.05, 0) is 37.9 Å². The van der Waals surface area contributed by atoms with Crippen molar-refractivity contribution in [3.63, 3.8) is 0 Å². The minimum Gasteiger partial charge on any atom is -0.379 e. The fourth-order valence-electron chi connectivity index (χ4n) is 2.49. The molecule has 1 aromatic rings. The third kappa shape index (κ3) is 5.69. The van der Waals surface area contributed by atoms with Crippen molar-refractivity contribution in [3.8, 4) is 0 Å². The number of halogens is 1. The van der Waals surface area contributed by atoms with Gasteiger partial charge in [0.1, 0.15) is 5.69 Å². The van der Waals surface area contributed by atoms with Crippen molar-refractivity contribution in [2.24, 2.45) is 5.92 Å². The Morgan fingerprint density at radius 3 is 2.87 bits per heavy atom. The molecule has 7 nitrogen and oxygen atoms in total. The van der Waals surface area contributed by atoms with E-state index in [0.717, 1.165) is 31.5 Å². The Labute approximate surface area is 141 Å². The molecule has 0 radical (unpaired) electrons. The minimum absolute atomic E-state index is 0. The third-order valence-corrected chi connectivity index (χ3v) is 3.75. The number of anilines is 1. The number of amides is 1. The molecule has 0 bridgehead atoms. The van der Waals surface area contributed by atoms with Crippen LogP contribution in [-0.4, -0.2) is 37.0 Å². The zero-order chi connectivity index (χ0) is 15.9. The molecule has 1 atom stereocenters. The number of hydrogen-bond donors (Lipinski definition) is 3. The van der Waals surface area contributed by atoms with E-state index >= 15 is 0 Å². The molecule has 1 saturated heterocycles. The predicted molar refractivity (Wildman–Crippen MR) is 92.2 cm³/mol. The fourth-order valence-corrected chi connectivity index (χ4v) is 2.49. The molecular formula is C15H23ClN4O3. The van der Waals surface area contributed by atoms with E-state index in [9.17, 15) is 14.9 Å². The highest BCUT2D eigenvalue weighted by Crippen LogP contribution is 2.25. The molecule has 1 unspecified atom stereocenters. The van der Waals surface area contributed by atoms with Gasteiger partial charge in [0, 0.05) is 25.7 Å². The number of hydrogen-bond acceptors (Lipinski definition) is 5. The van der Waals surface area contributed by atoms with E-state index in [1.54, 1.807) is 12.1 Å². The minimum atomic E-state index is -0.385. The zero-order valence-corrected chi connectivity index (χ0v) is 13.9. The number of nitrogens with zero attached hydrogens (tertiary/aromatic N) is 1. The molecule has 0 spiro atoms. The van der Waals surface area contributed by atoms with Crippen LogP contribution in [0.5, 0.6) is 0 Å². The monoisotopic (exact) mass is 342 g/mol. The van der Waals surface area contributed by atoms with E-state index < -0.39 is 0 Å². The van der Waals surface area contributed by atoms with E-state index in [4.69, 9.17) is 0 Å². The normalized spacial score (nSPS) is 16.5. The fraction of sp³-hybridized carbons (Fsp3) is 0.533. The molecule has 3 N–H and O–H groups in total. The average molecular weight is 343 g/mol. The molecule has 0 aromatic heterocycles. The van der Waals surface area contributed by atoms with Gasteiger partial charge in [-0.3, -0.25) is 14.9 Å². The molecule has 8 heteroatoms. The molecule has 1 aromatic carbocycles. The molecule has 0 saturated carbocycles. The summed E-state index contributed by atoms with van der Waals surface area (Å²) in [5.74, 6) is 0.164. The highest BCUT2D eigenvalue weighted by Gasteiger charge is 2.21. The Morgan fingerprint density at radius 1 is 1.43 bits per heavy atom. The van der Waals surface area contributed by atoms with Crippen LogP contribution < -0.4 is 16.0 Å². The van der Waals surface area contributed by atoms with Crippen molar-refractivity contribution >= 4 is 29.7 Å². The summed E-state index contributed by atoms with van der Waals surface area (Å²) in [6, 6.07) is 5.11. The first-order valence-electron chi connectivity index (χ1n) is 7.55. The quantitative estimate of drug-likeness (QED) is 0.399. The lowest BCUT2D eigenvalue weighted by Crippen LogP contribution is -2.33. The molecule has 2 rings (SSSR count). The maximum Gasteiger partial charge on any atom is 0.292 e. The molecule has 23 heavy (non-hydrogen) atoms. The van der Waals surface area contributed by atoms with Crippen molar-refractivity contribution in [2.45, 2.75) is 19.8 Å². The molecule has 1 fully saturated rings. The van der Waals surface area contributed by atoms with Gasteiger partial charge in [-0.15, -0.1) is 12.4 Å². The lowest BCUT2D eigenvalue weighted by molar-refractivity contribution is -0.384. The van der Waals surface area contributed by atoms with E-state index in [1.807, 2.05) is 13.0 Å². The second-order valence-corrected chi connectivity index (χ2v) is 5.54. The maximum absolute atomic E-state index is 11.8. The van der Waals surface area contributed by atoms with Gasteiger partial charge in [0.2, 0.25) is 5.91 Å². The molecule has 1 aliphatic heterocycles. The van der Waals surface area contributed by atoms with Gasteiger partial charge in [-0.1, -0.05) is 6.07 Å². The van der Waals surface area contributed by atoms with Crippen molar-refractivity contribution in [1.29, 1.82) is 0 Å². The van der Waals surface area contributed by atoms with Crippen LogP contribution in [0.2, 0.25) is 0 Å². The molecule has 1 aliphatic rings. The van der Waals surface area contributed by atoms with Gasteiger partial charge in [-0.25, -0.2) is 0 Å². The van der Waals surface area contributed by atoms with Crippen LogP contribution >= 0.6 is 12.4 Å². The van der Waals surface area contributed by atoms with Crippen LogP contribution in [0.15, 0.2) is 18.2 Å². The summed E-state index contributed by atoms with van der Waals surface area (Å²) in [4.78, 5) is 22.4. The van der Waals surface area contributed by atoms with Gasteiger partial charge in [0.25, 0.3) is 5.69 Å². The average Bonchev–Trinajstić information content (AvgIpc) is 3.02. The Morgan fingerprint density at radius 2 is 2.22 bits per heavy atom. The highest BCUT2D eigenvalue weighted by molar-refractivity contribution is 5.85. The highest BCUT2D eigenvalue weighted by atomic mass is 35.5. The number of nitro groups is 1. The Hall–Kier alpha value is -1.86. The van der Waals surface area contributed by atoms with Gasteiger partial charge in [-0.2, -0.15) is 0 Å². The summed E-state index contributed by atoms with van der Waals surface area (Å²) in [6.07, 6.45) is 1.61. The van der Waals surface area contributed by atoms with Gasteiger partial charge in [0.05, 0.1) is 10.8 Å². The summed E-state index contributed by atoms with van der Waals surface area (Å²) in [5.41, 5.74) is 1.46. The number of rotatable bonds is 7. The smallest absolute Gasteiger partial charge is 0.292 e.